The van der Waals surface area contributed by atoms with Gasteiger partial charge in [-0.05, 0) is 39.5 Å². The van der Waals surface area contributed by atoms with Crippen molar-refractivity contribution in [2.45, 2.75) is 39.2 Å². The number of nitrogens with two attached hydrogens (primary N) is 1. The highest BCUT2D eigenvalue weighted by Crippen LogP contribution is 2.18. The lowest BCUT2D eigenvalue weighted by atomic mass is 9.98. The monoisotopic (exact) mass is 271 g/mol. The highest BCUT2D eigenvalue weighted by atomic mass is 16.6. The van der Waals surface area contributed by atoms with Crippen LogP contribution in [0.3, 0.4) is 0 Å². The van der Waals surface area contributed by atoms with Gasteiger partial charge in [-0.1, -0.05) is 0 Å². The number of nitrogens with one attached hydrogen (secondary N) is 1. The molecule has 1 heterocycles. The van der Waals surface area contributed by atoms with Crippen LogP contribution in [-0.2, 0) is 9.53 Å². The molecule has 2 amide bonds. The maximum absolute atomic E-state index is 11.9. The van der Waals surface area contributed by atoms with Crippen molar-refractivity contribution >= 4 is 12.0 Å². The SMILES string of the molecule is CC(C)(C)OC(=O)N1CCCC(CNC(=O)CN)C1. The van der Waals surface area contributed by atoms with E-state index in [2.05, 4.69) is 5.32 Å². The molecule has 3 N–H and O–H groups in total. The van der Waals surface area contributed by atoms with E-state index in [-0.39, 0.29) is 24.5 Å². The van der Waals surface area contributed by atoms with Gasteiger partial charge in [0, 0.05) is 19.6 Å². The van der Waals surface area contributed by atoms with Gasteiger partial charge in [0.25, 0.3) is 0 Å². The summed E-state index contributed by atoms with van der Waals surface area (Å²) in [7, 11) is 0. The minimum Gasteiger partial charge on any atom is -0.444 e. The number of amides is 2. The summed E-state index contributed by atoms with van der Waals surface area (Å²) in [6.07, 6.45) is 1.66. The summed E-state index contributed by atoms with van der Waals surface area (Å²) in [5.41, 5.74) is 4.76. The Morgan fingerprint density at radius 1 is 1.42 bits per heavy atom. The first-order valence-corrected chi connectivity index (χ1v) is 6.76. The van der Waals surface area contributed by atoms with Gasteiger partial charge in [0.05, 0.1) is 6.54 Å². The number of rotatable bonds is 3. The fraction of sp³-hybridized carbons (Fsp3) is 0.846. The summed E-state index contributed by atoms with van der Waals surface area (Å²) in [6, 6.07) is 0. The summed E-state index contributed by atoms with van der Waals surface area (Å²) in [5.74, 6) is 0.117. The number of likely N-dealkylation sites (tertiary alicyclic amines) is 1. The Labute approximate surface area is 114 Å². The molecule has 0 bridgehead atoms. The Balaban J connectivity index is 2.41. The third-order valence-corrected chi connectivity index (χ3v) is 2.94. The van der Waals surface area contributed by atoms with Crippen LogP contribution in [0.5, 0.6) is 0 Å². The molecule has 0 aliphatic carbocycles. The molecule has 0 saturated carbocycles. The van der Waals surface area contributed by atoms with Crippen molar-refractivity contribution in [3.63, 3.8) is 0 Å². The van der Waals surface area contributed by atoms with Crippen LogP contribution in [0, 0.1) is 5.92 Å². The molecule has 0 radical (unpaired) electrons. The lowest BCUT2D eigenvalue weighted by Crippen LogP contribution is -2.46. The van der Waals surface area contributed by atoms with E-state index in [0.29, 0.717) is 13.1 Å². The molecular weight excluding hydrogens is 246 g/mol. The highest BCUT2D eigenvalue weighted by molar-refractivity contribution is 5.77. The van der Waals surface area contributed by atoms with Crippen molar-refractivity contribution in [1.82, 2.24) is 10.2 Å². The van der Waals surface area contributed by atoms with Crippen LogP contribution in [0.15, 0.2) is 0 Å². The van der Waals surface area contributed by atoms with Gasteiger partial charge >= 0.3 is 6.09 Å². The van der Waals surface area contributed by atoms with Crippen LogP contribution >= 0.6 is 0 Å². The van der Waals surface area contributed by atoms with Crippen LogP contribution in [0.4, 0.5) is 4.79 Å². The lowest BCUT2D eigenvalue weighted by Gasteiger charge is -2.34. The van der Waals surface area contributed by atoms with Crippen LogP contribution in [0.25, 0.3) is 0 Å². The summed E-state index contributed by atoms with van der Waals surface area (Å²) in [5, 5.41) is 2.77. The molecule has 6 heteroatoms. The van der Waals surface area contributed by atoms with Crippen molar-refractivity contribution in [3.05, 3.63) is 0 Å². The molecule has 0 aromatic carbocycles. The van der Waals surface area contributed by atoms with E-state index in [1.54, 1.807) is 4.90 Å². The Bertz CT molecular complexity index is 326. The molecule has 6 nitrogen and oxygen atoms in total. The van der Waals surface area contributed by atoms with E-state index >= 15 is 0 Å². The second-order valence-corrected chi connectivity index (χ2v) is 5.94. The molecular formula is C13H25N3O3. The van der Waals surface area contributed by atoms with Gasteiger partial charge < -0.3 is 20.7 Å². The average Bonchev–Trinajstić information content (AvgIpc) is 2.34. The largest absolute Gasteiger partial charge is 0.444 e. The van der Waals surface area contributed by atoms with Gasteiger partial charge in [0.2, 0.25) is 5.91 Å². The normalized spacial score (nSPS) is 20.0. The van der Waals surface area contributed by atoms with Crippen molar-refractivity contribution < 1.29 is 14.3 Å². The van der Waals surface area contributed by atoms with Crippen LogP contribution < -0.4 is 11.1 Å². The third kappa shape index (κ3) is 5.92. The second-order valence-electron chi connectivity index (χ2n) is 5.94. The fourth-order valence-corrected chi connectivity index (χ4v) is 2.05. The molecule has 0 aromatic rings. The minimum absolute atomic E-state index is 0.00248. The molecule has 1 saturated heterocycles. The Hall–Kier alpha value is -1.30. The maximum atomic E-state index is 11.9. The molecule has 1 aliphatic rings. The zero-order chi connectivity index (χ0) is 14.5. The van der Waals surface area contributed by atoms with Crippen molar-refractivity contribution in [1.29, 1.82) is 0 Å². The van der Waals surface area contributed by atoms with Crippen LogP contribution in [0.2, 0.25) is 0 Å². The number of nitrogens with zero attached hydrogens (tertiary/aromatic N) is 1. The van der Waals surface area contributed by atoms with Gasteiger partial charge in [-0.15, -0.1) is 0 Å². The first-order chi connectivity index (χ1) is 8.81. The number of piperidine rings is 1. The minimum atomic E-state index is -0.474. The number of hydrogen-bond donors (Lipinski definition) is 2. The molecule has 19 heavy (non-hydrogen) atoms. The van der Waals surface area contributed by atoms with E-state index in [9.17, 15) is 9.59 Å². The van der Waals surface area contributed by atoms with E-state index in [4.69, 9.17) is 10.5 Å². The average molecular weight is 271 g/mol. The maximum Gasteiger partial charge on any atom is 0.410 e. The van der Waals surface area contributed by atoms with Gasteiger partial charge in [-0.3, -0.25) is 4.79 Å². The summed E-state index contributed by atoms with van der Waals surface area (Å²) >= 11 is 0. The van der Waals surface area contributed by atoms with Gasteiger partial charge in [-0.2, -0.15) is 0 Å². The third-order valence-electron chi connectivity index (χ3n) is 2.94. The Morgan fingerprint density at radius 2 is 2.11 bits per heavy atom. The molecule has 1 aliphatic heterocycles. The summed E-state index contributed by atoms with van der Waals surface area (Å²) in [6.45, 7) is 7.48. The first kappa shape index (κ1) is 15.8. The van der Waals surface area contributed by atoms with E-state index in [1.165, 1.54) is 0 Å². The van der Waals surface area contributed by atoms with Crippen LogP contribution in [-0.4, -0.2) is 48.7 Å². The quantitative estimate of drug-likeness (QED) is 0.791. The first-order valence-electron chi connectivity index (χ1n) is 6.76. The smallest absolute Gasteiger partial charge is 0.410 e. The molecule has 110 valence electrons. The molecule has 1 atom stereocenters. The second kappa shape index (κ2) is 6.75. The van der Waals surface area contributed by atoms with E-state index in [0.717, 1.165) is 19.4 Å². The van der Waals surface area contributed by atoms with Crippen molar-refractivity contribution in [3.8, 4) is 0 Å². The topological polar surface area (TPSA) is 84.7 Å². The van der Waals surface area contributed by atoms with Crippen molar-refractivity contribution in [2.24, 2.45) is 11.7 Å². The van der Waals surface area contributed by atoms with Gasteiger partial charge in [0.15, 0.2) is 0 Å². The number of carbonyl (C=O) groups excluding carboxylic acids is 2. The molecule has 1 unspecified atom stereocenters. The summed E-state index contributed by atoms with van der Waals surface area (Å²) in [4.78, 5) is 24.8. The fourth-order valence-electron chi connectivity index (χ4n) is 2.05. The molecule has 0 aromatic heterocycles. The van der Waals surface area contributed by atoms with Gasteiger partial charge in [0.1, 0.15) is 5.60 Å². The highest BCUT2D eigenvalue weighted by Gasteiger charge is 2.27. The zero-order valence-corrected chi connectivity index (χ0v) is 12.1. The number of hydrogen-bond acceptors (Lipinski definition) is 4. The van der Waals surface area contributed by atoms with E-state index < -0.39 is 5.60 Å². The predicted molar refractivity (Wildman–Crippen MR) is 72.6 cm³/mol. The van der Waals surface area contributed by atoms with E-state index in [1.807, 2.05) is 20.8 Å². The Kier molecular flexibility index (Phi) is 5.60. The molecule has 0 spiro atoms. The molecule has 1 rings (SSSR count). The predicted octanol–water partition coefficient (Wildman–Crippen LogP) is 0.708. The standard InChI is InChI=1S/C13H25N3O3/c1-13(2,3)19-12(18)16-6-4-5-10(9-16)8-15-11(17)7-14/h10H,4-9,14H2,1-3H3,(H,15,17). The zero-order valence-electron chi connectivity index (χ0n) is 12.1. The number of carbonyl (C=O) groups is 2. The Morgan fingerprint density at radius 3 is 2.68 bits per heavy atom. The summed E-state index contributed by atoms with van der Waals surface area (Å²) < 4.78 is 5.35. The number of ether oxygens (including phenoxy) is 1. The molecule has 1 fully saturated rings. The lowest BCUT2D eigenvalue weighted by molar-refractivity contribution is -0.119. The van der Waals surface area contributed by atoms with Crippen LogP contribution in [0.1, 0.15) is 33.6 Å². The van der Waals surface area contributed by atoms with Crippen molar-refractivity contribution in [2.75, 3.05) is 26.2 Å². The van der Waals surface area contributed by atoms with Gasteiger partial charge in [-0.25, -0.2) is 4.79 Å².